The largest absolute Gasteiger partial charge is 0.483 e. The molecule has 0 spiro atoms. The first-order valence-electron chi connectivity index (χ1n) is 13.0. The van der Waals surface area contributed by atoms with Crippen LogP contribution in [0.4, 0.5) is 11.5 Å². The number of hydrogen-bond donors (Lipinski definition) is 5. The lowest BCUT2D eigenvalue weighted by atomic mass is 10.1. The van der Waals surface area contributed by atoms with Gasteiger partial charge in [-0.25, -0.2) is 9.97 Å². The predicted octanol–water partition coefficient (Wildman–Crippen LogP) is 2.52. The number of aliphatic hydroxyl groups is 1. The molecule has 0 bridgehead atoms. The molecule has 4 aromatic rings. The summed E-state index contributed by atoms with van der Waals surface area (Å²) in [5, 5.41) is 21.8. The van der Waals surface area contributed by atoms with Crippen molar-refractivity contribution >= 4 is 29.9 Å². The number of rotatable bonds is 11. The zero-order valence-electron chi connectivity index (χ0n) is 23.6. The van der Waals surface area contributed by atoms with E-state index in [-0.39, 0.29) is 19.7 Å². The van der Waals surface area contributed by atoms with Gasteiger partial charge in [-0.2, -0.15) is 0 Å². The Labute approximate surface area is 244 Å². The molecule has 0 unspecified atom stereocenters. The number of nitrogens with two attached hydrogens (primary N) is 1. The van der Waals surface area contributed by atoms with Crippen molar-refractivity contribution in [3.05, 3.63) is 72.2 Å². The van der Waals surface area contributed by atoms with Crippen molar-refractivity contribution < 1.29 is 29.3 Å². The monoisotopic (exact) mass is 576 g/mol. The van der Waals surface area contributed by atoms with Crippen molar-refractivity contribution in [2.24, 2.45) is 5.73 Å². The average Bonchev–Trinajstić information content (AvgIpc) is 3.44. The van der Waals surface area contributed by atoms with Crippen LogP contribution >= 0.6 is 0 Å². The van der Waals surface area contributed by atoms with E-state index in [0.29, 0.717) is 35.9 Å². The Morgan fingerprint density at radius 3 is 2.50 bits per heavy atom. The van der Waals surface area contributed by atoms with Gasteiger partial charge in [0.1, 0.15) is 25.2 Å². The Morgan fingerprint density at radius 2 is 1.86 bits per heavy atom. The SMILES string of the molecule is CNCCOCCN.Cc1cc(Nc2nccn3c(-c4ccc(OCC#CCO)cc4)cnc23)ccc1C=O.O=CO. The number of aryl methyl sites for hydroxylation is 1. The molecular weight excluding hydrogens is 540 g/mol. The fraction of sp³-hybridized carbons (Fsp3) is 0.267. The zero-order chi connectivity index (χ0) is 30.6. The number of likely N-dealkylation sites (N-methyl/N-ethyl adjacent to an activating group) is 1. The standard InChI is InChI=1S/C24H20N4O3.C5H14N2O.CH2O2/c1-17-14-20(7-4-19(17)16-30)27-23-24-26-15-22(28(24)11-10-25-23)18-5-8-21(9-6-18)31-13-3-2-12-29;1-7-3-5-8-4-2-6;2-1-3/h4-11,14-16,29H,12-13H2,1H3,(H,25,27);7H,2-6H2,1H3;1H,(H,2,3). The Balaban J connectivity index is 0.000000480. The fourth-order valence-electron chi connectivity index (χ4n) is 3.55. The minimum absolute atomic E-state index is 0.175. The van der Waals surface area contributed by atoms with Crippen LogP contribution in [0.15, 0.2) is 61.1 Å². The summed E-state index contributed by atoms with van der Waals surface area (Å²) in [4.78, 5) is 28.4. The van der Waals surface area contributed by atoms with Crippen LogP contribution in [0.5, 0.6) is 5.75 Å². The normalized spacial score (nSPS) is 9.81. The smallest absolute Gasteiger partial charge is 0.290 e. The van der Waals surface area contributed by atoms with E-state index in [1.54, 1.807) is 18.5 Å². The van der Waals surface area contributed by atoms with Crippen molar-refractivity contribution in [3.8, 4) is 28.8 Å². The van der Waals surface area contributed by atoms with Gasteiger partial charge in [0.25, 0.3) is 6.47 Å². The summed E-state index contributed by atoms with van der Waals surface area (Å²) in [7, 11) is 1.89. The van der Waals surface area contributed by atoms with Crippen molar-refractivity contribution in [1.29, 1.82) is 0 Å². The van der Waals surface area contributed by atoms with Gasteiger partial charge in [0.05, 0.1) is 25.1 Å². The number of aromatic nitrogens is 3. The summed E-state index contributed by atoms with van der Waals surface area (Å²) in [5.74, 6) is 6.58. The number of nitrogens with one attached hydrogen (secondary N) is 2. The maximum Gasteiger partial charge on any atom is 0.290 e. The van der Waals surface area contributed by atoms with Crippen LogP contribution < -0.4 is 21.1 Å². The van der Waals surface area contributed by atoms with Gasteiger partial charge in [0, 0.05) is 42.3 Å². The van der Waals surface area contributed by atoms with E-state index in [0.717, 1.165) is 41.9 Å². The molecule has 0 aliphatic heterocycles. The van der Waals surface area contributed by atoms with Gasteiger partial charge in [0.2, 0.25) is 0 Å². The number of anilines is 2. The fourth-order valence-corrected chi connectivity index (χ4v) is 3.55. The first-order chi connectivity index (χ1) is 20.5. The highest BCUT2D eigenvalue weighted by Gasteiger charge is 2.11. The first kappa shape index (κ1) is 33.4. The Hall–Kier alpha value is -4.80. The van der Waals surface area contributed by atoms with Crippen molar-refractivity contribution in [2.75, 3.05) is 51.9 Å². The molecule has 0 atom stereocenters. The number of fused-ring (bicyclic) bond motifs is 1. The first-order valence-corrected chi connectivity index (χ1v) is 13.0. The molecule has 0 radical (unpaired) electrons. The van der Waals surface area contributed by atoms with Crippen LogP contribution in [-0.4, -0.2) is 83.9 Å². The van der Waals surface area contributed by atoms with Crippen molar-refractivity contribution in [2.45, 2.75) is 6.92 Å². The summed E-state index contributed by atoms with van der Waals surface area (Å²) in [6.45, 7) is 4.64. The number of carbonyl (C=O) groups is 2. The second-order valence-corrected chi connectivity index (χ2v) is 8.36. The highest BCUT2D eigenvalue weighted by molar-refractivity contribution is 5.80. The number of aldehydes is 1. The van der Waals surface area contributed by atoms with Crippen LogP contribution in [0, 0.1) is 18.8 Å². The van der Waals surface area contributed by atoms with E-state index in [4.69, 9.17) is 30.2 Å². The van der Waals surface area contributed by atoms with E-state index in [1.807, 2.05) is 61.0 Å². The molecule has 222 valence electrons. The maximum absolute atomic E-state index is 11.0. The number of aliphatic hydroxyl groups excluding tert-OH is 1. The predicted molar refractivity (Wildman–Crippen MR) is 161 cm³/mol. The van der Waals surface area contributed by atoms with E-state index >= 15 is 0 Å². The van der Waals surface area contributed by atoms with E-state index in [2.05, 4.69) is 32.4 Å². The summed E-state index contributed by atoms with van der Waals surface area (Å²) in [6.07, 6.45) is 6.21. The van der Waals surface area contributed by atoms with Crippen LogP contribution in [0.2, 0.25) is 0 Å². The third kappa shape index (κ3) is 10.6. The highest BCUT2D eigenvalue weighted by Crippen LogP contribution is 2.27. The molecule has 0 amide bonds. The Kier molecular flexibility index (Phi) is 15.4. The lowest BCUT2D eigenvalue weighted by Crippen LogP contribution is -2.17. The molecule has 12 nitrogen and oxygen atoms in total. The molecular formula is C30H36N6O6. The second-order valence-electron chi connectivity index (χ2n) is 8.36. The number of carboxylic acid groups (broad SMARTS) is 1. The highest BCUT2D eigenvalue weighted by atomic mass is 16.5. The molecule has 0 saturated heterocycles. The van der Waals surface area contributed by atoms with Gasteiger partial charge >= 0.3 is 0 Å². The summed E-state index contributed by atoms with van der Waals surface area (Å²) < 4.78 is 12.5. The van der Waals surface area contributed by atoms with E-state index in [9.17, 15) is 4.79 Å². The molecule has 2 aromatic carbocycles. The number of carbonyl (C=O) groups excluding carboxylic acids is 1. The number of benzene rings is 2. The summed E-state index contributed by atoms with van der Waals surface area (Å²) >= 11 is 0. The lowest BCUT2D eigenvalue weighted by molar-refractivity contribution is -0.122. The molecule has 0 fully saturated rings. The van der Waals surface area contributed by atoms with Crippen LogP contribution in [0.1, 0.15) is 15.9 Å². The quantitative estimate of drug-likeness (QED) is 0.101. The minimum Gasteiger partial charge on any atom is -0.483 e. The molecule has 42 heavy (non-hydrogen) atoms. The van der Waals surface area contributed by atoms with Gasteiger partial charge in [-0.05, 0) is 62.0 Å². The topological polar surface area (TPSA) is 173 Å². The average molecular weight is 577 g/mol. The van der Waals surface area contributed by atoms with Gasteiger partial charge in [0.15, 0.2) is 11.5 Å². The molecule has 2 aromatic heterocycles. The lowest BCUT2D eigenvalue weighted by Gasteiger charge is -2.09. The molecule has 6 N–H and O–H groups in total. The van der Waals surface area contributed by atoms with Gasteiger partial charge in [-0.15, -0.1) is 0 Å². The Morgan fingerprint density at radius 1 is 1.10 bits per heavy atom. The zero-order valence-corrected chi connectivity index (χ0v) is 23.6. The number of nitrogens with zero attached hydrogens (tertiary/aromatic N) is 3. The molecule has 12 heteroatoms. The van der Waals surface area contributed by atoms with Gasteiger partial charge in [-0.3, -0.25) is 14.0 Å². The third-order valence-corrected chi connectivity index (χ3v) is 5.51. The Bertz CT molecular complexity index is 1440. The van der Waals surface area contributed by atoms with Gasteiger partial charge in [-0.1, -0.05) is 11.8 Å². The van der Waals surface area contributed by atoms with Crippen molar-refractivity contribution in [1.82, 2.24) is 19.7 Å². The molecule has 0 saturated carbocycles. The third-order valence-electron chi connectivity index (χ3n) is 5.51. The number of hydrogen-bond acceptors (Lipinski definition) is 10. The van der Waals surface area contributed by atoms with Crippen LogP contribution in [0.3, 0.4) is 0 Å². The number of ether oxygens (including phenoxy) is 2. The van der Waals surface area contributed by atoms with Crippen molar-refractivity contribution in [3.63, 3.8) is 0 Å². The maximum atomic E-state index is 11.0. The molecule has 0 aliphatic carbocycles. The molecule has 0 aliphatic rings. The summed E-state index contributed by atoms with van der Waals surface area (Å²) in [5.41, 5.74) is 10.1. The van der Waals surface area contributed by atoms with E-state index < -0.39 is 0 Å². The van der Waals surface area contributed by atoms with Gasteiger partial charge < -0.3 is 36.1 Å². The van der Waals surface area contributed by atoms with Crippen LogP contribution in [0.25, 0.3) is 16.9 Å². The van der Waals surface area contributed by atoms with Crippen LogP contribution in [-0.2, 0) is 9.53 Å². The summed E-state index contributed by atoms with van der Waals surface area (Å²) in [6, 6.07) is 13.2. The minimum atomic E-state index is -0.250. The number of imidazole rings is 1. The second kappa shape index (κ2) is 19.3. The van der Waals surface area contributed by atoms with E-state index in [1.165, 1.54) is 0 Å². The molecule has 4 rings (SSSR count). The molecule has 2 heterocycles.